The van der Waals surface area contributed by atoms with E-state index in [2.05, 4.69) is 36.9 Å². The Kier molecular flexibility index (Phi) is 36.0. The monoisotopic (exact) mass is 1780 g/mol. The van der Waals surface area contributed by atoms with Crippen LogP contribution >= 0.6 is 11.6 Å². The van der Waals surface area contributed by atoms with Crippen molar-refractivity contribution in [3.05, 3.63) is 174 Å². The van der Waals surface area contributed by atoms with Gasteiger partial charge in [0.05, 0.1) is 16.7 Å². The van der Waals surface area contributed by atoms with Crippen LogP contribution in [0.15, 0.2) is 77.1 Å². The quantitative estimate of drug-likeness (QED) is 0.0217. The summed E-state index contributed by atoms with van der Waals surface area (Å²) in [6, 6.07) is 0. The van der Waals surface area contributed by atoms with Crippen LogP contribution in [0, 0.1) is 0 Å². The van der Waals surface area contributed by atoms with Gasteiger partial charge >= 0.3 is 51.8 Å². The summed E-state index contributed by atoms with van der Waals surface area (Å²) in [5.74, 6) is 0.279. The van der Waals surface area contributed by atoms with E-state index in [-0.39, 0.29) is 117 Å². The van der Waals surface area contributed by atoms with Gasteiger partial charge in [-0.25, -0.2) is 53.5 Å². The number of carboxylic acid groups (broad SMARTS) is 2. The number of alkyl halides is 1. The topological polar surface area (TPSA) is 593 Å². The number of aliphatic imine (C=N–C) groups is 2. The van der Waals surface area contributed by atoms with Crippen molar-refractivity contribution in [2.75, 3.05) is 34.6 Å². The average Bonchev–Trinajstić information content (AvgIpc) is 1.63. The number of amides is 1. The minimum absolute atomic E-state index is 0.00287. The smallest absolute Gasteiger partial charge is 0.332 e. The molecule has 2 aliphatic rings. The summed E-state index contributed by atoms with van der Waals surface area (Å²) >= 11 is 4.64. The number of nitrogens with one attached hydrogen (secondary N) is 1. The number of ketones is 1. The van der Waals surface area contributed by atoms with Crippen molar-refractivity contribution < 1.29 is 29.4 Å². The van der Waals surface area contributed by atoms with E-state index >= 15 is 0 Å². The number of hydrogen-bond acceptors (Lipinski definition) is 26. The molecule has 0 radical (unpaired) electrons. The first-order chi connectivity index (χ1) is 59.2. The molecule has 1 amide bonds. The summed E-state index contributed by atoms with van der Waals surface area (Å²) < 4.78 is 19.7. The highest BCUT2D eigenvalue weighted by Crippen LogP contribution is 2.27. The minimum atomic E-state index is -0.784. The molecule has 126 heavy (non-hydrogen) atoms. The zero-order valence-electron chi connectivity index (χ0n) is 74.5. The summed E-state index contributed by atoms with van der Waals surface area (Å²) in [5.41, 5.74) is 20.9. The number of halogens is 1. The van der Waals surface area contributed by atoms with Crippen LogP contribution in [0.1, 0.15) is 170 Å². The van der Waals surface area contributed by atoms with E-state index in [0.29, 0.717) is 109 Å². The van der Waals surface area contributed by atoms with Crippen LogP contribution in [0.3, 0.4) is 0 Å². The molecule has 0 fully saturated rings. The van der Waals surface area contributed by atoms with E-state index < -0.39 is 51.6 Å². The zero-order valence-corrected chi connectivity index (χ0v) is 75.2. The van der Waals surface area contributed by atoms with Gasteiger partial charge in [0.2, 0.25) is 5.91 Å². The summed E-state index contributed by atoms with van der Waals surface area (Å²) in [6.07, 6.45) is 19.1. The Bertz CT molecular complexity index is 6260. The number of aliphatic carboxylic acids is 2. The Labute approximate surface area is 723 Å². The maximum absolute atomic E-state index is 12.5. The van der Waals surface area contributed by atoms with Crippen LogP contribution in [-0.4, -0.2) is 135 Å². The number of hydrogen-bond donors (Lipinski definition) is 7. The van der Waals surface area contributed by atoms with Gasteiger partial charge in [-0.15, -0.1) is 11.6 Å². The number of Topliss-reactive ketones (excluding diaryl/α,β-unsaturated/α-hetero) is 1. The maximum atomic E-state index is 12.5. The van der Waals surface area contributed by atoms with E-state index in [4.69, 9.17) is 33.1 Å². The average molecular weight is 1780 g/mol. The lowest BCUT2D eigenvalue weighted by molar-refractivity contribution is -0.138. The van der Waals surface area contributed by atoms with E-state index in [9.17, 15) is 86.3 Å². The lowest BCUT2D eigenvalue weighted by Gasteiger charge is -2.12. The van der Waals surface area contributed by atoms with Crippen molar-refractivity contribution in [2.45, 2.75) is 173 Å². The fourth-order valence-electron chi connectivity index (χ4n) is 14.3. The van der Waals surface area contributed by atoms with Crippen molar-refractivity contribution in [3.8, 4) is 0 Å². The van der Waals surface area contributed by atoms with Crippen molar-refractivity contribution in [1.82, 2.24) is 83.0 Å². The standard InChI is InChI=1S/C22H30N8O4.C22H28N6O4.C21H31N7O6.C8H14O4.C6H10N4O2.CH3Cl/c1-25-13(23-17-15(25)19(31)29(5)21(33)27(17)3)11-9-7-8-10-12-14-24-18-16(26(14)2)20(32)30(6)22(34)28(18)4;1-25-17-15(19(29)27(3)21(25)31)11-13(23-17)9-7-5-6-8-10-14-12-16-18(24-14)26(2)22(32)28(4)20(16)30;1-25-16(22)13(18(31)27(3)20(25)33)11-12(29)9-7-5-6-8-10-14(30)24-15-17(23)26(2)21(34)28(4)19(15)32;9-7(10)5-3-1-2-4-6-8(11)12;1-9-4(8)3(7)5(11)10(2)6(9)12;1-2/h7-12H2,1-6H3;5-12H2,1-4H3;5-11,22-23H2,1-4H3,(H,24,30);1-6H2,(H,9,10)(H,11,12);7-8H2,1-2H3;1H3. The number of nitrogens with zero attached hydrogens (tertiary/aromatic N) is 20. The van der Waals surface area contributed by atoms with Gasteiger partial charge in [-0.05, 0) is 64.2 Å². The molecule has 9 aromatic heterocycles. The molecule has 9 aromatic rings. The Morgan fingerprint density at radius 3 is 1.04 bits per heavy atom. The second kappa shape index (κ2) is 44.8. The molecule has 11 rings (SSSR count). The molecule has 2 aliphatic heterocycles. The van der Waals surface area contributed by atoms with Gasteiger partial charge in [0.1, 0.15) is 57.9 Å². The van der Waals surface area contributed by atoms with E-state index in [0.717, 1.165) is 146 Å². The van der Waals surface area contributed by atoms with Crippen molar-refractivity contribution in [2.24, 2.45) is 123 Å². The second-order valence-corrected chi connectivity index (χ2v) is 30.9. The Hall–Kier alpha value is -13.4. The molecule has 0 saturated carbocycles. The number of rotatable bonds is 31. The highest BCUT2D eigenvalue weighted by molar-refractivity contribution is 6.15. The molecule has 11 heterocycles. The zero-order chi connectivity index (χ0) is 94.6. The number of aromatic nitrogens is 18. The van der Waals surface area contributed by atoms with Crippen LogP contribution in [-0.2, 0) is 164 Å². The van der Waals surface area contributed by atoms with Gasteiger partial charge in [-0.3, -0.25) is 117 Å². The van der Waals surface area contributed by atoms with Gasteiger partial charge in [-0.1, -0.05) is 51.4 Å². The van der Waals surface area contributed by atoms with E-state index in [1.165, 1.54) is 95.1 Å². The Balaban J connectivity index is 0.000000255. The van der Waals surface area contributed by atoms with Crippen LogP contribution < -0.4 is 107 Å². The van der Waals surface area contributed by atoms with Crippen molar-refractivity contribution in [3.63, 3.8) is 0 Å². The molecular formula is C80H116ClN25O20. The largest absolute Gasteiger partial charge is 0.481 e. The molecule has 0 aliphatic carbocycles. The van der Waals surface area contributed by atoms with E-state index in [1.54, 1.807) is 51.4 Å². The van der Waals surface area contributed by atoms with E-state index in [1.807, 2.05) is 0 Å². The number of nitrogens with two attached hydrogens (primary N) is 4. The molecule has 46 heteroatoms. The number of nitrogen functional groups attached to an aromatic ring is 4. The number of carboxylic acids is 2. The molecule has 688 valence electrons. The van der Waals surface area contributed by atoms with Crippen LogP contribution in [0.2, 0.25) is 0 Å². The highest BCUT2D eigenvalue weighted by Gasteiger charge is 2.27. The fourth-order valence-corrected chi connectivity index (χ4v) is 14.3. The number of fused-ring (bicyclic) bond motifs is 4. The number of carbonyl (C=O) groups is 4. The summed E-state index contributed by atoms with van der Waals surface area (Å²) in [5, 5.41) is 19.0. The summed E-state index contributed by atoms with van der Waals surface area (Å²) in [7, 11) is 24.3. The number of aryl methyl sites for hydroxylation is 6. The van der Waals surface area contributed by atoms with Crippen molar-refractivity contribution in [1.29, 1.82) is 0 Å². The first kappa shape index (κ1) is 101. The third kappa shape index (κ3) is 23.3. The van der Waals surface area contributed by atoms with Gasteiger partial charge in [-0.2, -0.15) is 0 Å². The number of carbonyl (C=O) groups excluding carboxylic acids is 2. The number of imidazole rings is 2. The number of anilines is 5. The summed E-state index contributed by atoms with van der Waals surface area (Å²) in [4.78, 5) is 231. The predicted octanol–water partition coefficient (Wildman–Crippen LogP) is -0.284. The minimum Gasteiger partial charge on any atom is -0.481 e. The normalized spacial score (nSPS) is 11.7. The second-order valence-electron chi connectivity index (χ2n) is 30.9. The fraction of sp³-hybridized carbons (Fsp3) is 0.550. The maximum Gasteiger partial charge on any atom is 0.332 e. The molecule has 0 aromatic carbocycles. The highest BCUT2D eigenvalue weighted by atomic mass is 35.5. The first-order valence-corrected chi connectivity index (χ1v) is 41.5. The summed E-state index contributed by atoms with van der Waals surface area (Å²) in [6.45, 7) is 0. The molecule has 0 bridgehead atoms. The predicted molar refractivity (Wildman–Crippen MR) is 480 cm³/mol. The molecular weight excluding hydrogens is 1670 g/mol. The van der Waals surface area contributed by atoms with Gasteiger partial charge in [0.25, 0.3) is 38.9 Å². The Morgan fingerprint density at radius 2 is 0.643 bits per heavy atom. The lowest BCUT2D eigenvalue weighted by atomic mass is 10.0. The van der Waals surface area contributed by atoms with Crippen LogP contribution in [0.4, 0.5) is 40.5 Å². The molecule has 0 atom stereocenters. The lowest BCUT2D eigenvalue weighted by Crippen LogP contribution is -2.40. The van der Waals surface area contributed by atoms with Gasteiger partial charge in [0, 0.05) is 188 Å². The molecule has 45 nitrogen and oxygen atoms in total. The molecule has 0 unspecified atom stereocenters. The van der Waals surface area contributed by atoms with Gasteiger partial charge in [0.15, 0.2) is 22.3 Å². The third-order valence-corrected chi connectivity index (χ3v) is 22.1. The third-order valence-electron chi connectivity index (χ3n) is 22.1. The molecule has 11 N–H and O–H groups in total. The molecule has 0 spiro atoms. The Morgan fingerprint density at radius 1 is 0.333 bits per heavy atom. The van der Waals surface area contributed by atoms with Gasteiger partial charge < -0.3 is 47.6 Å². The SMILES string of the molecule is CCl.Cn1c(=O)c2c(nc(CCCCCCc3nc4c(c(=O)n(C)c(=O)n4C)n3C)n2C)n(C)c1=O.Cn1c(N)c(CC(=O)CCCCCCC(=O)Nc2c(N)n(C)c(=O)n(C)c2=O)c(=O)n(C)c1=O.Cn1c(N)c(N)c(=O)n(C)c1=O.Cn1c2c(c(=O)n(C)c1=O)CC(CCCCCCC1=Nc3c(c(=O)n(C)c(=O)n3C)C1)=N2.O=C(O)CCCCCCC(=O)O. The molecule has 0 saturated heterocycles. The number of unbranched alkanes of at least 4 members (excludes halogenated alkanes) is 12. The first-order valence-electron chi connectivity index (χ1n) is 40.7. The van der Waals surface area contributed by atoms with Crippen LogP contribution in [0.5, 0.6) is 0 Å². The van der Waals surface area contributed by atoms with Crippen molar-refractivity contribution >= 4 is 109 Å². The van der Waals surface area contributed by atoms with Crippen LogP contribution in [0.25, 0.3) is 22.3 Å².